The van der Waals surface area contributed by atoms with Gasteiger partial charge in [-0.1, -0.05) is 18.2 Å². The minimum absolute atomic E-state index is 0. The van der Waals surface area contributed by atoms with Gasteiger partial charge in [0.25, 0.3) is 0 Å². The normalized spacial score (nSPS) is 16.2. The molecule has 0 radical (unpaired) electrons. The van der Waals surface area contributed by atoms with Crippen LogP contribution in [0.4, 0.5) is 18.0 Å². The van der Waals surface area contributed by atoms with Gasteiger partial charge in [0.1, 0.15) is 5.75 Å². The van der Waals surface area contributed by atoms with Crippen LogP contribution in [-0.2, 0) is 4.79 Å². The summed E-state index contributed by atoms with van der Waals surface area (Å²) in [6.45, 7) is 1.91. The molecule has 3 amide bonds. The molecule has 0 unspecified atom stereocenters. The minimum atomic E-state index is -4.60. The number of likely N-dealkylation sites (tertiary alicyclic amines) is 1. The van der Waals surface area contributed by atoms with Crippen molar-refractivity contribution in [2.24, 2.45) is 0 Å². The predicted octanol–water partition coefficient (Wildman–Crippen LogP) is 1.19. The third-order valence-electron chi connectivity index (χ3n) is 3.92. The number of carbonyl (C=O) groups is 1. The van der Waals surface area contributed by atoms with E-state index in [9.17, 15) is 18.0 Å². The van der Waals surface area contributed by atoms with E-state index in [1.807, 2.05) is 4.90 Å². The summed E-state index contributed by atoms with van der Waals surface area (Å²) in [5.41, 5.74) is 0. The van der Waals surface area contributed by atoms with E-state index >= 15 is 0 Å². The van der Waals surface area contributed by atoms with Crippen molar-refractivity contribution < 1.29 is 57.1 Å². The second kappa shape index (κ2) is 17.1. The van der Waals surface area contributed by atoms with Crippen molar-refractivity contribution in [3.05, 3.63) is 36.8 Å². The fourth-order valence-corrected chi connectivity index (χ4v) is 2.21. The number of nitrogens with zero attached hydrogens (tertiary/aromatic N) is 1. The Morgan fingerprint density at radius 2 is 1.65 bits per heavy atom. The molecule has 31 heavy (non-hydrogen) atoms. The number of para-hydroxylation sites is 1. The maximum atomic E-state index is 11.5. The molecule has 1 saturated heterocycles. The molecule has 0 atom stereocenters. The van der Waals surface area contributed by atoms with Gasteiger partial charge < -0.3 is 31.5 Å². The Hall–Kier alpha value is -1.45. The number of ether oxygens (including phenoxy) is 1. The van der Waals surface area contributed by atoms with Gasteiger partial charge in [-0.05, 0) is 51.3 Å². The first-order valence-corrected chi connectivity index (χ1v) is 10.1. The van der Waals surface area contributed by atoms with Crippen molar-refractivity contribution in [2.45, 2.75) is 57.3 Å². The Morgan fingerprint density at radius 1 is 1.13 bits per heavy atom. The van der Waals surface area contributed by atoms with E-state index in [-0.39, 0.29) is 41.3 Å². The zero-order valence-corrected chi connectivity index (χ0v) is 20.2. The van der Waals surface area contributed by atoms with E-state index in [0.717, 1.165) is 13.1 Å². The zero-order chi connectivity index (χ0) is 22.2. The summed E-state index contributed by atoms with van der Waals surface area (Å²) < 4.78 is 38.2. The topological polar surface area (TPSA) is 70.7 Å². The first-order valence-electron chi connectivity index (χ1n) is 10.1. The Morgan fingerprint density at radius 3 is 2.03 bits per heavy atom. The maximum Gasteiger partial charge on any atom is 1.00 e. The summed E-state index contributed by atoms with van der Waals surface area (Å²) >= 11 is 0. The molecule has 1 heterocycles. The number of piperidine rings is 1. The number of benzene rings is 1. The van der Waals surface area contributed by atoms with Gasteiger partial charge in [-0.3, -0.25) is 0 Å². The first-order chi connectivity index (χ1) is 14.4. The standard InChI is InChI=1S/C9H16N2O.C7H5F3O.C3H5.C2H4NO.Na/c12-9(10-8-4-5-8)11-6-2-1-3-7-11;8-7(9,10)11-6-4-2-1-3-5-6;1-2-3-1;1-3-2-4;/h8H,1-7H2,(H,10,12);1-5H;1H,2-3H2;1H3,(H,3,4);/q;;2*-1;+1. The van der Waals surface area contributed by atoms with E-state index in [2.05, 4.69) is 21.8 Å². The molecule has 1 aromatic carbocycles. The number of urea groups is 1. The first kappa shape index (κ1) is 29.5. The van der Waals surface area contributed by atoms with E-state index < -0.39 is 6.36 Å². The number of alkyl halides is 3. The van der Waals surface area contributed by atoms with Crippen LogP contribution >= 0.6 is 0 Å². The Labute approximate surface area is 204 Å². The summed E-state index contributed by atoms with van der Waals surface area (Å²) in [7, 11) is 1.51. The van der Waals surface area contributed by atoms with Crippen LogP contribution in [-0.4, -0.2) is 49.9 Å². The number of halogens is 3. The molecule has 1 aliphatic heterocycles. The average Bonchev–Trinajstić information content (AvgIpc) is 3.63. The largest absolute Gasteiger partial charge is 1.00 e. The second-order valence-corrected chi connectivity index (χ2v) is 6.85. The quantitative estimate of drug-likeness (QED) is 0.411. The van der Waals surface area contributed by atoms with Gasteiger partial charge in [-0.25, -0.2) is 17.6 Å². The molecule has 3 aliphatic rings. The summed E-state index contributed by atoms with van der Waals surface area (Å²) in [5, 5.41) is 5.14. The van der Waals surface area contributed by atoms with Gasteiger partial charge in [-0.15, -0.1) is 13.2 Å². The van der Waals surface area contributed by atoms with Gasteiger partial charge >= 0.3 is 42.0 Å². The van der Waals surface area contributed by atoms with Crippen molar-refractivity contribution in [2.75, 3.05) is 20.1 Å². The van der Waals surface area contributed by atoms with Gasteiger partial charge in [0.15, 0.2) is 0 Å². The number of hydrogen-bond acceptors (Lipinski definition) is 3. The fraction of sp³-hybridized carbons (Fsp3) is 0.571. The molecule has 1 aromatic rings. The predicted molar refractivity (Wildman–Crippen MR) is 108 cm³/mol. The Balaban J connectivity index is 0.000000436. The Kier molecular flexibility index (Phi) is 16.3. The van der Waals surface area contributed by atoms with E-state index in [0.29, 0.717) is 6.04 Å². The fourth-order valence-electron chi connectivity index (χ4n) is 2.21. The summed E-state index contributed by atoms with van der Waals surface area (Å²) in [6.07, 6.45) is 7.84. The van der Waals surface area contributed by atoms with Crippen LogP contribution in [0.1, 0.15) is 44.9 Å². The average molecular weight is 452 g/mol. The van der Waals surface area contributed by atoms with E-state index in [1.165, 1.54) is 82.7 Å². The number of hydrogen-bond donors (Lipinski definition) is 2. The van der Waals surface area contributed by atoms with Crippen LogP contribution in [0, 0.1) is 6.42 Å². The number of nitrogens with one attached hydrogen (secondary N) is 2. The molecule has 2 aliphatic carbocycles. The van der Waals surface area contributed by atoms with Crippen LogP contribution in [0.5, 0.6) is 5.75 Å². The van der Waals surface area contributed by atoms with Gasteiger partial charge in [0.05, 0.1) is 0 Å². The molecule has 2 N–H and O–H groups in total. The van der Waals surface area contributed by atoms with E-state index in [1.54, 1.807) is 6.07 Å². The summed E-state index contributed by atoms with van der Waals surface area (Å²) in [4.78, 5) is 22.3. The van der Waals surface area contributed by atoms with E-state index in [4.69, 9.17) is 4.79 Å². The molecular formula is C21H30F3N3NaO3-. The molecule has 10 heteroatoms. The molecule has 6 nitrogen and oxygen atoms in total. The molecular weight excluding hydrogens is 422 g/mol. The third kappa shape index (κ3) is 19.0. The third-order valence-corrected chi connectivity index (χ3v) is 3.92. The van der Waals surface area contributed by atoms with Gasteiger partial charge in [0.2, 0.25) is 0 Å². The number of rotatable bonds is 3. The van der Waals surface area contributed by atoms with Crippen molar-refractivity contribution in [1.29, 1.82) is 0 Å². The second-order valence-electron chi connectivity index (χ2n) is 6.85. The van der Waals surface area contributed by atoms with Gasteiger partial charge in [0, 0.05) is 19.1 Å². The van der Waals surface area contributed by atoms with Crippen LogP contribution in [0.2, 0.25) is 0 Å². The molecule has 2 saturated carbocycles. The molecule has 4 rings (SSSR count). The molecule has 170 valence electrons. The molecule has 0 bridgehead atoms. The van der Waals surface area contributed by atoms with Crippen LogP contribution in [0.25, 0.3) is 0 Å². The monoisotopic (exact) mass is 452 g/mol. The smallest absolute Gasteiger partial charge is 0.532 e. The summed E-state index contributed by atoms with van der Waals surface area (Å²) in [6, 6.07) is 7.71. The van der Waals surface area contributed by atoms with Crippen molar-refractivity contribution in [1.82, 2.24) is 15.5 Å². The van der Waals surface area contributed by atoms with Crippen molar-refractivity contribution in [3.8, 4) is 5.75 Å². The number of carbonyl (C=O) groups excluding carboxylic acids is 2. The van der Waals surface area contributed by atoms with Gasteiger partial charge in [-0.2, -0.15) is 6.41 Å². The molecule has 0 aromatic heterocycles. The van der Waals surface area contributed by atoms with Crippen LogP contribution in [0.15, 0.2) is 30.3 Å². The SMILES string of the molecule is CN[C-]=O.FC(F)(F)Oc1ccccc1.O=C(NC1CC1)N1CCCCC1.[CH-]1CC1.[Na+]. The minimum Gasteiger partial charge on any atom is -0.532 e. The van der Waals surface area contributed by atoms with Crippen molar-refractivity contribution in [3.63, 3.8) is 0 Å². The Bertz CT molecular complexity index is 592. The number of amides is 3. The van der Waals surface area contributed by atoms with Crippen LogP contribution in [0.3, 0.4) is 0 Å². The van der Waals surface area contributed by atoms with Crippen molar-refractivity contribution >= 4 is 12.4 Å². The molecule has 3 fully saturated rings. The zero-order valence-electron chi connectivity index (χ0n) is 18.2. The maximum absolute atomic E-state index is 11.5. The molecule has 0 spiro atoms. The van der Waals surface area contributed by atoms with Crippen LogP contribution < -0.4 is 44.9 Å². The summed E-state index contributed by atoms with van der Waals surface area (Å²) in [5.74, 6) is -0.194.